The molecule has 0 aromatic heterocycles. The van der Waals surface area contributed by atoms with Crippen molar-refractivity contribution < 1.29 is 4.79 Å². The number of nitrogens with one attached hydrogen (secondary N) is 1. The predicted molar refractivity (Wildman–Crippen MR) is 101 cm³/mol. The highest BCUT2D eigenvalue weighted by Gasteiger charge is 2.24. The first kappa shape index (κ1) is 18.4. The second kappa shape index (κ2) is 9.32. The Kier molecular flexibility index (Phi) is 6.84. The average molecular weight is 345 g/mol. The van der Waals surface area contributed by atoms with Crippen LogP contribution in [0.3, 0.4) is 0 Å². The number of benzene rings is 1. The molecule has 1 aromatic carbocycles. The van der Waals surface area contributed by atoms with Crippen molar-refractivity contribution in [3.05, 3.63) is 35.9 Å². The zero-order chi connectivity index (χ0) is 17.5. The fourth-order valence-electron chi connectivity index (χ4n) is 3.82. The van der Waals surface area contributed by atoms with E-state index in [0.717, 1.165) is 65.3 Å². The molecule has 2 saturated heterocycles. The van der Waals surface area contributed by atoms with E-state index in [4.69, 9.17) is 0 Å². The fourth-order valence-corrected chi connectivity index (χ4v) is 3.82. The van der Waals surface area contributed by atoms with Gasteiger partial charge in [-0.15, -0.1) is 0 Å². The highest BCUT2D eigenvalue weighted by molar-refractivity contribution is 5.76. The van der Waals surface area contributed by atoms with E-state index < -0.39 is 0 Å². The quantitative estimate of drug-likeness (QED) is 0.812. The zero-order valence-corrected chi connectivity index (χ0v) is 15.5. The number of piperazine rings is 1. The van der Waals surface area contributed by atoms with Crippen LogP contribution in [0.15, 0.2) is 30.3 Å². The topological polar surface area (TPSA) is 38.8 Å². The summed E-state index contributed by atoms with van der Waals surface area (Å²) >= 11 is 0. The Hall–Kier alpha value is -1.43. The summed E-state index contributed by atoms with van der Waals surface area (Å²) in [6.07, 6.45) is 1.69. The number of carbonyl (C=O) groups excluding carboxylic acids is 1. The Morgan fingerprint density at radius 2 is 1.76 bits per heavy atom. The van der Waals surface area contributed by atoms with E-state index in [-0.39, 0.29) is 5.91 Å². The molecule has 138 valence electrons. The summed E-state index contributed by atoms with van der Waals surface area (Å²) < 4.78 is 0. The number of carbonyl (C=O) groups is 1. The molecule has 0 radical (unpaired) electrons. The lowest BCUT2D eigenvalue weighted by atomic mass is 10.2. The van der Waals surface area contributed by atoms with Gasteiger partial charge in [-0.1, -0.05) is 37.3 Å². The minimum absolute atomic E-state index is 0.212. The van der Waals surface area contributed by atoms with Gasteiger partial charge >= 0.3 is 0 Å². The number of amides is 1. The zero-order valence-electron chi connectivity index (χ0n) is 15.5. The molecule has 0 aliphatic carbocycles. The van der Waals surface area contributed by atoms with Gasteiger partial charge in [0.1, 0.15) is 0 Å². The van der Waals surface area contributed by atoms with Gasteiger partial charge < -0.3 is 15.1 Å². The molecule has 2 aliphatic heterocycles. The van der Waals surface area contributed by atoms with Gasteiger partial charge in [0, 0.05) is 64.8 Å². The third-order valence-electron chi connectivity index (χ3n) is 5.45. The summed E-state index contributed by atoms with van der Waals surface area (Å²) in [7, 11) is 0. The van der Waals surface area contributed by atoms with Gasteiger partial charge in [0.2, 0.25) is 5.91 Å². The lowest BCUT2D eigenvalue weighted by Crippen LogP contribution is -2.47. The molecular weight excluding hydrogens is 312 g/mol. The van der Waals surface area contributed by atoms with Crippen LogP contribution < -0.4 is 5.32 Å². The first-order valence-corrected chi connectivity index (χ1v) is 9.73. The Balaban J connectivity index is 1.32. The molecule has 5 heteroatoms. The summed E-state index contributed by atoms with van der Waals surface area (Å²) in [5, 5.41) is 3.24. The van der Waals surface area contributed by atoms with Crippen LogP contribution in [0.4, 0.5) is 0 Å². The molecule has 1 atom stereocenters. The van der Waals surface area contributed by atoms with E-state index in [0.29, 0.717) is 12.5 Å². The van der Waals surface area contributed by atoms with Crippen LogP contribution in [0.25, 0.3) is 0 Å². The third-order valence-corrected chi connectivity index (χ3v) is 5.45. The summed E-state index contributed by atoms with van der Waals surface area (Å²) in [4.78, 5) is 19.6. The van der Waals surface area contributed by atoms with Crippen molar-refractivity contribution in [2.75, 3.05) is 52.4 Å². The molecule has 2 aliphatic rings. The first-order valence-electron chi connectivity index (χ1n) is 9.73. The molecule has 1 amide bonds. The van der Waals surface area contributed by atoms with Crippen LogP contribution >= 0.6 is 0 Å². The van der Waals surface area contributed by atoms with E-state index in [1.165, 1.54) is 5.56 Å². The Bertz CT molecular complexity index is 528. The normalized spacial score (nSPS) is 23.0. The van der Waals surface area contributed by atoms with E-state index in [9.17, 15) is 4.79 Å². The molecule has 0 saturated carbocycles. The van der Waals surface area contributed by atoms with Gasteiger partial charge in [0.05, 0.1) is 0 Å². The van der Waals surface area contributed by atoms with Crippen molar-refractivity contribution in [1.82, 2.24) is 20.0 Å². The maximum atomic E-state index is 12.3. The van der Waals surface area contributed by atoms with Crippen LogP contribution in [0.2, 0.25) is 0 Å². The molecule has 2 heterocycles. The maximum absolute atomic E-state index is 12.3. The fraction of sp³-hybridized carbons (Fsp3) is 0.650. The third kappa shape index (κ3) is 5.80. The molecule has 1 unspecified atom stereocenters. The van der Waals surface area contributed by atoms with Gasteiger partial charge in [0.15, 0.2) is 0 Å². The predicted octanol–water partition coefficient (Wildman–Crippen LogP) is 1.40. The molecule has 0 bridgehead atoms. The van der Waals surface area contributed by atoms with Crippen LogP contribution in [-0.4, -0.2) is 79.0 Å². The van der Waals surface area contributed by atoms with Crippen molar-refractivity contribution in [2.24, 2.45) is 0 Å². The van der Waals surface area contributed by atoms with Crippen LogP contribution in [0.5, 0.6) is 0 Å². The number of hydrogen-bond acceptors (Lipinski definition) is 4. The second-order valence-electron chi connectivity index (χ2n) is 7.30. The van der Waals surface area contributed by atoms with Gasteiger partial charge in [-0.2, -0.15) is 0 Å². The largest absolute Gasteiger partial charge is 0.352 e. The molecule has 1 aromatic rings. The highest BCUT2D eigenvalue weighted by atomic mass is 16.1. The lowest BCUT2D eigenvalue weighted by molar-refractivity contribution is -0.122. The molecule has 3 rings (SSSR count). The van der Waals surface area contributed by atoms with Crippen molar-refractivity contribution in [2.45, 2.75) is 32.4 Å². The van der Waals surface area contributed by atoms with Gasteiger partial charge in [-0.25, -0.2) is 0 Å². The van der Waals surface area contributed by atoms with Gasteiger partial charge in [0.25, 0.3) is 0 Å². The van der Waals surface area contributed by atoms with Crippen molar-refractivity contribution in [1.29, 1.82) is 0 Å². The highest BCUT2D eigenvalue weighted by Crippen LogP contribution is 2.13. The average Bonchev–Trinajstić information content (AvgIpc) is 3.08. The number of rotatable bonds is 7. The van der Waals surface area contributed by atoms with E-state index >= 15 is 0 Å². The van der Waals surface area contributed by atoms with E-state index in [1.54, 1.807) is 0 Å². The van der Waals surface area contributed by atoms with Crippen molar-refractivity contribution in [3.63, 3.8) is 0 Å². The summed E-state index contributed by atoms with van der Waals surface area (Å²) in [6.45, 7) is 11.7. The molecule has 0 spiro atoms. The lowest BCUT2D eigenvalue weighted by Gasteiger charge is -2.33. The van der Waals surface area contributed by atoms with E-state index in [2.05, 4.69) is 57.3 Å². The van der Waals surface area contributed by atoms with Gasteiger partial charge in [-0.3, -0.25) is 9.69 Å². The monoisotopic (exact) mass is 344 g/mol. The van der Waals surface area contributed by atoms with Crippen LogP contribution in [0.1, 0.15) is 25.3 Å². The molecular formula is C20H32N4O. The van der Waals surface area contributed by atoms with E-state index in [1.807, 2.05) is 0 Å². The van der Waals surface area contributed by atoms with Crippen molar-refractivity contribution in [3.8, 4) is 0 Å². The maximum Gasteiger partial charge on any atom is 0.221 e. The smallest absolute Gasteiger partial charge is 0.221 e. The first-order chi connectivity index (χ1) is 12.2. The summed E-state index contributed by atoms with van der Waals surface area (Å²) in [5.74, 6) is 0.212. The van der Waals surface area contributed by atoms with Crippen LogP contribution in [-0.2, 0) is 11.3 Å². The van der Waals surface area contributed by atoms with Crippen LogP contribution in [0, 0.1) is 0 Å². The second-order valence-corrected chi connectivity index (χ2v) is 7.30. The SMILES string of the molecule is CCN1CCN(CCC(=O)NC2CCN(Cc3ccccc3)C2)CC1. The standard InChI is InChI=1S/C20H32N4O/c1-2-22-12-14-23(15-13-22)11-9-20(25)21-19-8-10-24(17-19)16-18-6-4-3-5-7-18/h3-7,19H,2,8-17H2,1H3,(H,21,25). The molecule has 5 nitrogen and oxygen atoms in total. The van der Waals surface area contributed by atoms with Crippen molar-refractivity contribution >= 4 is 5.91 Å². The van der Waals surface area contributed by atoms with Gasteiger partial charge in [-0.05, 0) is 18.5 Å². The molecule has 1 N–H and O–H groups in total. The minimum Gasteiger partial charge on any atom is -0.352 e. The number of hydrogen-bond donors (Lipinski definition) is 1. The Labute approximate surface area is 152 Å². The summed E-state index contributed by atoms with van der Waals surface area (Å²) in [5.41, 5.74) is 1.35. The number of likely N-dealkylation sites (N-methyl/N-ethyl adjacent to an activating group) is 1. The molecule has 25 heavy (non-hydrogen) atoms. The summed E-state index contributed by atoms with van der Waals surface area (Å²) in [6, 6.07) is 10.9. The number of likely N-dealkylation sites (tertiary alicyclic amines) is 1. The molecule has 2 fully saturated rings. The minimum atomic E-state index is 0.212. The Morgan fingerprint density at radius 1 is 1.04 bits per heavy atom. The Morgan fingerprint density at radius 3 is 2.48 bits per heavy atom. The number of nitrogens with zero attached hydrogens (tertiary/aromatic N) is 3.